The van der Waals surface area contributed by atoms with Gasteiger partial charge in [0.05, 0.1) is 5.56 Å². The molecule has 1 unspecified atom stereocenters. The van der Waals surface area contributed by atoms with Gasteiger partial charge in [0.1, 0.15) is 6.10 Å². The zero-order valence-corrected chi connectivity index (χ0v) is 20.9. The number of benzene rings is 1. The first kappa shape index (κ1) is 24.6. The summed E-state index contributed by atoms with van der Waals surface area (Å²) in [5.41, 5.74) is 4.11. The first-order valence-corrected chi connectivity index (χ1v) is 12.4. The Morgan fingerprint density at radius 1 is 1.21 bits per heavy atom. The van der Waals surface area contributed by atoms with Crippen LogP contribution in [0.1, 0.15) is 53.4 Å². The van der Waals surface area contributed by atoms with Crippen molar-refractivity contribution in [1.82, 2.24) is 14.8 Å². The predicted octanol–water partition coefficient (Wildman–Crippen LogP) is 4.21. The van der Waals surface area contributed by atoms with Crippen LogP contribution in [0.2, 0.25) is 5.02 Å². The lowest BCUT2D eigenvalue weighted by molar-refractivity contribution is -0.151. The maximum Gasteiger partial charge on any atom is 0.257 e. The number of pyridine rings is 1. The molecule has 2 amide bonds. The lowest BCUT2D eigenvalue weighted by Crippen LogP contribution is -2.56. The number of aryl methyl sites for hydroxylation is 1. The molecule has 3 heterocycles. The Hall–Kier alpha value is -2.48. The Morgan fingerprint density at radius 2 is 2.03 bits per heavy atom. The van der Waals surface area contributed by atoms with Crippen molar-refractivity contribution >= 4 is 29.1 Å². The third kappa shape index (κ3) is 5.77. The van der Waals surface area contributed by atoms with E-state index in [2.05, 4.69) is 22.1 Å². The summed E-state index contributed by atoms with van der Waals surface area (Å²) in [6.45, 7) is 9.61. The molecule has 2 fully saturated rings. The number of carbonyl (C=O) groups is 2. The molecule has 2 aromatic rings. The third-order valence-electron chi connectivity index (χ3n) is 6.75. The number of anilines is 1. The van der Waals surface area contributed by atoms with Gasteiger partial charge >= 0.3 is 0 Å². The first-order valence-electron chi connectivity index (χ1n) is 12.0. The molecule has 1 aromatic carbocycles. The second-order valence-electron chi connectivity index (χ2n) is 9.35. The third-order valence-corrected chi connectivity index (χ3v) is 6.96. The van der Waals surface area contributed by atoms with Crippen LogP contribution < -0.4 is 5.32 Å². The number of aromatic nitrogens is 1. The van der Waals surface area contributed by atoms with Gasteiger partial charge in [-0.05, 0) is 75.4 Å². The minimum Gasteiger partial charge on any atom is -0.368 e. The summed E-state index contributed by atoms with van der Waals surface area (Å²) in [5, 5.41) is 3.56. The van der Waals surface area contributed by atoms with Crippen LogP contribution in [0, 0.1) is 13.8 Å². The molecule has 0 saturated carbocycles. The summed E-state index contributed by atoms with van der Waals surface area (Å²) >= 11 is 6.42. The Labute approximate surface area is 206 Å². The van der Waals surface area contributed by atoms with Crippen molar-refractivity contribution in [1.29, 1.82) is 0 Å². The van der Waals surface area contributed by atoms with E-state index in [1.807, 2.05) is 30.9 Å². The molecular formula is C26H33ClN4O3. The summed E-state index contributed by atoms with van der Waals surface area (Å²) in [4.78, 5) is 34.2. The van der Waals surface area contributed by atoms with Crippen molar-refractivity contribution in [2.75, 3.05) is 31.6 Å². The van der Waals surface area contributed by atoms with Gasteiger partial charge in [0.15, 0.2) is 0 Å². The molecule has 2 aliphatic rings. The molecule has 1 aromatic heterocycles. The first-order chi connectivity index (χ1) is 16.3. The van der Waals surface area contributed by atoms with E-state index < -0.39 is 0 Å². The van der Waals surface area contributed by atoms with Gasteiger partial charge < -0.3 is 15.0 Å². The number of piperazine rings is 1. The quantitative estimate of drug-likeness (QED) is 0.688. The van der Waals surface area contributed by atoms with E-state index in [-0.39, 0.29) is 24.0 Å². The number of hydrogen-bond acceptors (Lipinski definition) is 5. The van der Waals surface area contributed by atoms with Crippen LogP contribution in [-0.2, 0) is 16.1 Å². The smallest absolute Gasteiger partial charge is 0.257 e. The molecule has 4 rings (SSSR count). The van der Waals surface area contributed by atoms with Gasteiger partial charge in [-0.1, -0.05) is 11.6 Å². The minimum atomic E-state index is -0.284. The average Bonchev–Trinajstić information content (AvgIpc) is 2.82. The van der Waals surface area contributed by atoms with Gasteiger partial charge in [-0.25, -0.2) is 0 Å². The van der Waals surface area contributed by atoms with Gasteiger partial charge in [0, 0.05) is 61.4 Å². The summed E-state index contributed by atoms with van der Waals surface area (Å²) in [7, 11) is 0. The minimum absolute atomic E-state index is 0.111. The number of halogens is 1. The fraction of sp³-hybridized carbons (Fsp3) is 0.500. The number of nitrogens with one attached hydrogen (secondary N) is 1. The van der Waals surface area contributed by atoms with Crippen LogP contribution in [0.5, 0.6) is 0 Å². The fourth-order valence-corrected chi connectivity index (χ4v) is 4.93. The van der Waals surface area contributed by atoms with E-state index in [1.54, 1.807) is 18.3 Å². The van der Waals surface area contributed by atoms with Crippen molar-refractivity contribution in [3.63, 3.8) is 0 Å². The molecule has 2 atom stereocenters. The zero-order valence-electron chi connectivity index (χ0n) is 20.1. The van der Waals surface area contributed by atoms with Gasteiger partial charge in [0.25, 0.3) is 11.8 Å². The molecular weight excluding hydrogens is 452 g/mol. The van der Waals surface area contributed by atoms with E-state index in [9.17, 15) is 9.59 Å². The van der Waals surface area contributed by atoms with Gasteiger partial charge in [-0.15, -0.1) is 0 Å². The number of amides is 2. The number of ether oxygens (including phenoxy) is 1. The molecule has 0 radical (unpaired) electrons. The highest BCUT2D eigenvalue weighted by atomic mass is 35.5. The summed E-state index contributed by atoms with van der Waals surface area (Å²) in [5.74, 6) is -0.0872. The van der Waals surface area contributed by atoms with Gasteiger partial charge in [0.2, 0.25) is 0 Å². The van der Waals surface area contributed by atoms with Gasteiger partial charge in [-0.2, -0.15) is 0 Å². The molecule has 0 aliphatic carbocycles. The topological polar surface area (TPSA) is 74.8 Å². The van der Waals surface area contributed by atoms with E-state index in [0.717, 1.165) is 49.2 Å². The molecule has 7 nitrogen and oxygen atoms in total. The molecule has 34 heavy (non-hydrogen) atoms. The van der Waals surface area contributed by atoms with Crippen molar-refractivity contribution < 1.29 is 14.3 Å². The molecule has 8 heteroatoms. The zero-order chi connectivity index (χ0) is 24.2. The number of rotatable bonds is 5. The maximum atomic E-state index is 12.9. The van der Waals surface area contributed by atoms with E-state index >= 15 is 0 Å². The number of carbonyl (C=O) groups excluding carboxylic acids is 2. The Kier molecular flexibility index (Phi) is 7.86. The maximum absolute atomic E-state index is 12.9. The Bertz CT molecular complexity index is 1040. The van der Waals surface area contributed by atoms with Crippen molar-refractivity contribution in [2.45, 2.75) is 58.7 Å². The second kappa shape index (κ2) is 10.8. The monoisotopic (exact) mass is 484 g/mol. The van der Waals surface area contributed by atoms with Crippen LogP contribution in [0.15, 0.2) is 30.5 Å². The summed E-state index contributed by atoms with van der Waals surface area (Å²) < 4.78 is 5.72. The van der Waals surface area contributed by atoms with E-state index in [4.69, 9.17) is 16.3 Å². The summed E-state index contributed by atoms with van der Waals surface area (Å²) in [6, 6.07) is 7.43. The highest BCUT2D eigenvalue weighted by Crippen LogP contribution is 2.27. The molecule has 1 N–H and O–H groups in total. The SMILES string of the molecule is Cc1ccc(C(=O)Nc2cc(Cl)cc(CN3CCN(C(=O)C4CCCCO4)[C@@H](C)C3)c2C)cn1. The Balaban J connectivity index is 1.41. The van der Waals surface area contributed by atoms with Crippen LogP contribution in [-0.4, -0.2) is 65.0 Å². The van der Waals surface area contributed by atoms with Crippen molar-refractivity contribution in [2.24, 2.45) is 0 Å². The van der Waals surface area contributed by atoms with Crippen molar-refractivity contribution in [3.8, 4) is 0 Å². The summed E-state index contributed by atoms with van der Waals surface area (Å²) in [6.07, 6.45) is 4.20. The van der Waals surface area contributed by atoms with Crippen LogP contribution in [0.4, 0.5) is 5.69 Å². The normalized spacial score (nSPS) is 21.4. The second-order valence-corrected chi connectivity index (χ2v) is 9.79. The van der Waals surface area contributed by atoms with Gasteiger partial charge in [-0.3, -0.25) is 19.5 Å². The lowest BCUT2D eigenvalue weighted by Gasteiger charge is -2.41. The van der Waals surface area contributed by atoms with Crippen LogP contribution in [0.25, 0.3) is 0 Å². The highest BCUT2D eigenvalue weighted by Gasteiger charge is 2.33. The number of hydrogen-bond donors (Lipinski definition) is 1. The van der Waals surface area contributed by atoms with Crippen LogP contribution in [0.3, 0.4) is 0 Å². The molecule has 0 bridgehead atoms. The van der Waals surface area contributed by atoms with Crippen molar-refractivity contribution in [3.05, 3.63) is 57.9 Å². The average molecular weight is 485 g/mol. The molecule has 2 saturated heterocycles. The number of nitrogens with zero attached hydrogens (tertiary/aromatic N) is 3. The lowest BCUT2D eigenvalue weighted by atomic mass is 10.0. The standard InChI is InChI=1S/C26H33ClN4O3/c1-17-7-8-20(14-28-17)25(32)29-23-13-22(27)12-21(19(23)3)16-30-9-10-31(18(2)15-30)26(33)24-6-4-5-11-34-24/h7-8,12-14,18,24H,4-6,9-11,15-16H2,1-3H3,(H,29,32)/t18-,24?/m0/s1. The molecule has 0 spiro atoms. The highest BCUT2D eigenvalue weighted by molar-refractivity contribution is 6.31. The Morgan fingerprint density at radius 3 is 2.71 bits per heavy atom. The fourth-order valence-electron chi connectivity index (χ4n) is 4.69. The predicted molar refractivity (Wildman–Crippen MR) is 133 cm³/mol. The van der Waals surface area contributed by atoms with Crippen LogP contribution >= 0.6 is 11.6 Å². The van der Waals surface area contributed by atoms with E-state index in [1.165, 1.54) is 0 Å². The molecule has 2 aliphatic heterocycles. The molecule has 182 valence electrons. The van der Waals surface area contributed by atoms with E-state index in [0.29, 0.717) is 36.0 Å². The largest absolute Gasteiger partial charge is 0.368 e.